The van der Waals surface area contributed by atoms with E-state index < -0.39 is 11.9 Å². The van der Waals surface area contributed by atoms with Gasteiger partial charge in [-0.3, -0.25) is 0 Å². The van der Waals surface area contributed by atoms with E-state index >= 15 is 0 Å². The van der Waals surface area contributed by atoms with Crippen LogP contribution in [-0.2, 0) is 16.0 Å². The van der Waals surface area contributed by atoms with Crippen LogP contribution in [0.25, 0.3) is 0 Å². The Bertz CT molecular complexity index is 604. The largest absolute Gasteiger partial charge is 0.478 e. The first-order chi connectivity index (χ1) is 10.6. The van der Waals surface area contributed by atoms with Gasteiger partial charge in [-0.25, -0.2) is 9.59 Å². The van der Waals surface area contributed by atoms with Crippen LogP contribution in [0, 0.1) is 0 Å². The molecule has 4 heteroatoms. The van der Waals surface area contributed by atoms with Gasteiger partial charge in [-0.2, -0.15) is 0 Å². The van der Waals surface area contributed by atoms with Gasteiger partial charge < -0.3 is 9.84 Å². The van der Waals surface area contributed by atoms with Crippen molar-refractivity contribution in [3.05, 3.63) is 78.4 Å². The van der Waals surface area contributed by atoms with Gasteiger partial charge >= 0.3 is 11.9 Å². The second-order valence-electron chi connectivity index (χ2n) is 4.28. The molecule has 0 radical (unpaired) electrons. The molecule has 0 aromatic heterocycles. The van der Waals surface area contributed by atoms with Gasteiger partial charge in [-0.15, -0.1) is 0 Å². The lowest BCUT2D eigenvalue weighted by Crippen LogP contribution is -2.03. The van der Waals surface area contributed by atoms with Crippen LogP contribution >= 0.6 is 0 Å². The van der Waals surface area contributed by atoms with Crippen molar-refractivity contribution in [3.63, 3.8) is 0 Å². The molecule has 4 nitrogen and oxygen atoms in total. The first kappa shape index (κ1) is 17.2. The zero-order valence-electron chi connectivity index (χ0n) is 12.3. The van der Waals surface area contributed by atoms with E-state index in [1.165, 1.54) is 12.2 Å². The van der Waals surface area contributed by atoms with Crippen molar-refractivity contribution in [1.29, 1.82) is 0 Å². The lowest BCUT2D eigenvalue weighted by Gasteiger charge is -2.02. The zero-order valence-corrected chi connectivity index (χ0v) is 12.3. The number of aliphatic carboxylic acids is 1. The van der Waals surface area contributed by atoms with E-state index in [0.29, 0.717) is 12.2 Å². The summed E-state index contributed by atoms with van der Waals surface area (Å²) in [5.74, 6) is -0.919. The summed E-state index contributed by atoms with van der Waals surface area (Å²) in [4.78, 5) is 21.7. The topological polar surface area (TPSA) is 63.6 Å². The predicted molar refractivity (Wildman–Crippen MR) is 85.7 cm³/mol. The van der Waals surface area contributed by atoms with E-state index in [4.69, 9.17) is 9.84 Å². The summed E-state index contributed by atoms with van der Waals surface area (Å²) >= 11 is 0. The third-order valence-corrected chi connectivity index (χ3v) is 2.52. The van der Waals surface area contributed by atoms with Crippen molar-refractivity contribution in [2.24, 2.45) is 0 Å². The lowest BCUT2D eigenvalue weighted by molar-refractivity contribution is -0.131. The molecular formula is C18H18O4. The molecule has 0 heterocycles. The Morgan fingerprint density at radius 1 is 1.05 bits per heavy atom. The molecule has 1 aromatic carbocycles. The molecule has 0 saturated carbocycles. The number of allylic oxidation sites excluding steroid dienone is 6. The maximum atomic E-state index is 11.5. The number of hydrogen-bond acceptors (Lipinski definition) is 3. The monoisotopic (exact) mass is 298 g/mol. The fourth-order valence-electron chi connectivity index (χ4n) is 1.51. The van der Waals surface area contributed by atoms with Crippen molar-refractivity contribution in [1.82, 2.24) is 0 Å². The molecule has 0 aliphatic heterocycles. The number of carboxylic acid groups (broad SMARTS) is 1. The number of carboxylic acids is 1. The Morgan fingerprint density at radius 2 is 1.73 bits per heavy atom. The second kappa shape index (κ2) is 9.94. The third-order valence-electron chi connectivity index (χ3n) is 2.52. The maximum Gasteiger partial charge on any atom is 0.336 e. The maximum absolute atomic E-state index is 11.5. The first-order valence-corrected chi connectivity index (χ1v) is 6.78. The van der Waals surface area contributed by atoms with Gasteiger partial charge in [0.05, 0.1) is 0 Å². The van der Waals surface area contributed by atoms with Gasteiger partial charge in [0.25, 0.3) is 0 Å². The van der Waals surface area contributed by atoms with Crippen LogP contribution in [0.3, 0.4) is 0 Å². The molecule has 22 heavy (non-hydrogen) atoms. The molecule has 0 fully saturated rings. The van der Waals surface area contributed by atoms with Crippen LogP contribution in [-0.4, -0.2) is 17.0 Å². The SMILES string of the molecule is CC=CC=CC(=O)Oc1ccc(CC=CC=CC(=O)O)cc1. The number of esters is 1. The third kappa shape index (κ3) is 7.65. The van der Waals surface area contributed by atoms with Crippen LogP contribution in [0.15, 0.2) is 72.9 Å². The van der Waals surface area contributed by atoms with Crippen molar-refractivity contribution >= 4 is 11.9 Å². The minimum Gasteiger partial charge on any atom is -0.478 e. The number of carbonyl (C=O) groups excluding carboxylic acids is 1. The number of carbonyl (C=O) groups is 2. The Hall–Kier alpha value is -2.88. The van der Waals surface area contributed by atoms with Gasteiger partial charge in [-0.05, 0) is 31.0 Å². The number of benzene rings is 1. The molecule has 0 aliphatic rings. The molecule has 0 unspecified atom stereocenters. The zero-order chi connectivity index (χ0) is 16.2. The standard InChI is InChI=1S/C18H18O4/c1-2-3-5-10-18(21)22-16-13-11-15(12-14-16)8-6-4-7-9-17(19)20/h2-7,9-14H,8H2,1H3,(H,19,20). The normalized spacial score (nSPS) is 11.9. The summed E-state index contributed by atoms with van der Waals surface area (Å²) in [6, 6.07) is 7.14. The van der Waals surface area contributed by atoms with Crippen LogP contribution < -0.4 is 4.74 Å². The average Bonchev–Trinajstić information content (AvgIpc) is 2.48. The molecule has 0 atom stereocenters. The summed E-state index contributed by atoms with van der Waals surface area (Å²) < 4.78 is 5.13. The van der Waals surface area contributed by atoms with Crippen LogP contribution in [0.2, 0.25) is 0 Å². The summed E-state index contributed by atoms with van der Waals surface area (Å²) in [6.45, 7) is 1.86. The smallest absolute Gasteiger partial charge is 0.336 e. The molecule has 0 amide bonds. The number of hydrogen-bond donors (Lipinski definition) is 1. The molecule has 0 spiro atoms. The van der Waals surface area contributed by atoms with Crippen molar-refractivity contribution in [3.8, 4) is 5.75 Å². The molecule has 0 saturated heterocycles. The highest BCUT2D eigenvalue weighted by molar-refractivity contribution is 5.84. The first-order valence-electron chi connectivity index (χ1n) is 6.78. The molecule has 1 N–H and O–H groups in total. The molecular weight excluding hydrogens is 280 g/mol. The molecule has 1 rings (SSSR count). The number of ether oxygens (including phenoxy) is 1. The van der Waals surface area contributed by atoms with E-state index in [2.05, 4.69) is 0 Å². The summed E-state index contributed by atoms with van der Waals surface area (Å²) in [5.41, 5.74) is 1.03. The summed E-state index contributed by atoms with van der Waals surface area (Å²) in [6.07, 6.45) is 13.3. The lowest BCUT2D eigenvalue weighted by atomic mass is 10.1. The minimum absolute atomic E-state index is 0.426. The van der Waals surface area contributed by atoms with Crippen LogP contribution in [0.5, 0.6) is 5.75 Å². The minimum atomic E-state index is -0.973. The fourth-order valence-corrected chi connectivity index (χ4v) is 1.51. The highest BCUT2D eigenvalue weighted by atomic mass is 16.5. The predicted octanol–water partition coefficient (Wildman–Crippen LogP) is 3.46. The van der Waals surface area contributed by atoms with E-state index in [1.54, 1.807) is 30.4 Å². The average molecular weight is 298 g/mol. The Labute approximate surface area is 129 Å². The highest BCUT2D eigenvalue weighted by Crippen LogP contribution is 2.13. The second-order valence-corrected chi connectivity index (χ2v) is 4.28. The van der Waals surface area contributed by atoms with E-state index in [1.807, 2.05) is 31.2 Å². The molecule has 0 aliphatic carbocycles. The quantitative estimate of drug-likeness (QED) is 0.362. The Morgan fingerprint density at radius 3 is 2.36 bits per heavy atom. The van der Waals surface area contributed by atoms with E-state index in [0.717, 1.165) is 11.6 Å². The van der Waals surface area contributed by atoms with Crippen molar-refractivity contribution in [2.45, 2.75) is 13.3 Å². The van der Waals surface area contributed by atoms with Gasteiger partial charge in [-0.1, -0.05) is 48.6 Å². The Kier molecular flexibility index (Phi) is 7.76. The number of rotatable bonds is 7. The molecule has 0 bridgehead atoms. The van der Waals surface area contributed by atoms with Gasteiger partial charge in [0.2, 0.25) is 0 Å². The van der Waals surface area contributed by atoms with Crippen LogP contribution in [0.4, 0.5) is 0 Å². The molecule has 1 aromatic rings. The van der Waals surface area contributed by atoms with Crippen molar-refractivity contribution in [2.75, 3.05) is 0 Å². The highest BCUT2D eigenvalue weighted by Gasteiger charge is 1.99. The fraction of sp³-hybridized carbons (Fsp3) is 0.111. The van der Waals surface area contributed by atoms with Crippen LogP contribution in [0.1, 0.15) is 12.5 Å². The van der Waals surface area contributed by atoms with E-state index in [9.17, 15) is 9.59 Å². The summed E-state index contributed by atoms with van der Waals surface area (Å²) in [5, 5.41) is 8.43. The Balaban J connectivity index is 2.49. The van der Waals surface area contributed by atoms with Gasteiger partial charge in [0.1, 0.15) is 5.75 Å². The van der Waals surface area contributed by atoms with Gasteiger partial charge in [0, 0.05) is 12.2 Å². The van der Waals surface area contributed by atoms with Crippen molar-refractivity contribution < 1.29 is 19.4 Å². The molecule has 114 valence electrons. The summed E-state index contributed by atoms with van der Waals surface area (Å²) in [7, 11) is 0. The van der Waals surface area contributed by atoms with E-state index in [-0.39, 0.29) is 0 Å². The van der Waals surface area contributed by atoms with Gasteiger partial charge in [0.15, 0.2) is 0 Å².